The molecule has 0 spiro atoms. The lowest BCUT2D eigenvalue weighted by Gasteiger charge is -2.32. The second-order valence-electron chi connectivity index (χ2n) is 6.75. The monoisotopic (exact) mass is 431 g/mol. The number of aldehydes is 1. The number of nitrogens with one attached hydrogen (secondary N) is 3. The Bertz CT molecular complexity index is 859. The van der Waals surface area contributed by atoms with Gasteiger partial charge in [0, 0.05) is 26.7 Å². The zero-order chi connectivity index (χ0) is 23.0. The van der Waals surface area contributed by atoms with Gasteiger partial charge in [0.1, 0.15) is 18.4 Å². The number of piperazine rings is 1. The SMILES string of the molecule is CCN1CCN(C(=O)NC(CC(=O)NC)C(=O)NC(C=O)c2ccccc2)C(=O)C1=O. The largest absolute Gasteiger partial charge is 0.359 e. The van der Waals surface area contributed by atoms with Gasteiger partial charge in [-0.2, -0.15) is 0 Å². The smallest absolute Gasteiger partial charge is 0.325 e. The molecule has 0 radical (unpaired) electrons. The van der Waals surface area contributed by atoms with Crippen LogP contribution in [0.15, 0.2) is 30.3 Å². The van der Waals surface area contributed by atoms with Gasteiger partial charge in [-0.1, -0.05) is 30.3 Å². The van der Waals surface area contributed by atoms with Crippen LogP contribution < -0.4 is 16.0 Å². The summed E-state index contributed by atoms with van der Waals surface area (Å²) in [7, 11) is 1.36. The quantitative estimate of drug-likeness (QED) is 0.354. The first-order valence-electron chi connectivity index (χ1n) is 9.74. The van der Waals surface area contributed by atoms with E-state index < -0.39 is 48.2 Å². The molecule has 1 heterocycles. The Morgan fingerprint density at radius 2 is 1.74 bits per heavy atom. The first-order valence-corrected chi connectivity index (χ1v) is 9.74. The highest BCUT2D eigenvalue weighted by molar-refractivity contribution is 6.38. The summed E-state index contributed by atoms with van der Waals surface area (Å²) in [5.41, 5.74) is 0.521. The van der Waals surface area contributed by atoms with Crippen molar-refractivity contribution < 1.29 is 28.8 Å². The van der Waals surface area contributed by atoms with Crippen LogP contribution in [0.4, 0.5) is 4.79 Å². The normalized spacial score (nSPS) is 15.7. The summed E-state index contributed by atoms with van der Waals surface area (Å²) in [6.07, 6.45) is 0.101. The molecule has 0 aromatic heterocycles. The van der Waals surface area contributed by atoms with E-state index in [2.05, 4.69) is 16.0 Å². The fourth-order valence-corrected chi connectivity index (χ4v) is 3.00. The third-order valence-electron chi connectivity index (χ3n) is 4.81. The summed E-state index contributed by atoms with van der Waals surface area (Å²) >= 11 is 0. The van der Waals surface area contributed by atoms with Crippen molar-refractivity contribution >= 4 is 35.9 Å². The van der Waals surface area contributed by atoms with Crippen LogP contribution in [-0.4, -0.2) is 78.5 Å². The minimum atomic E-state index is -1.37. The molecule has 2 unspecified atom stereocenters. The van der Waals surface area contributed by atoms with Gasteiger partial charge in [0.05, 0.1) is 6.42 Å². The van der Waals surface area contributed by atoms with E-state index in [0.29, 0.717) is 23.3 Å². The van der Waals surface area contributed by atoms with E-state index in [1.54, 1.807) is 37.3 Å². The van der Waals surface area contributed by atoms with Crippen molar-refractivity contribution in [2.24, 2.45) is 0 Å². The molecule has 1 fully saturated rings. The topological polar surface area (TPSA) is 145 Å². The van der Waals surface area contributed by atoms with E-state index in [1.165, 1.54) is 11.9 Å². The van der Waals surface area contributed by atoms with E-state index in [1.807, 2.05) is 0 Å². The van der Waals surface area contributed by atoms with Gasteiger partial charge in [-0.25, -0.2) is 4.79 Å². The van der Waals surface area contributed by atoms with Gasteiger partial charge >= 0.3 is 17.8 Å². The molecular formula is C20H25N5O6. The minimum absolute atomic E-state index is 0.0421. The Morgan fingerprint density at radius 1 is 1.06 bits per heavy atom. The zero-order valence-corrected chi connectivity index (χ0v) is 17.3. The van der Waals surface area contributed by atoms with Gasteiger partial charge in [0.2, 0.25) is 11.8 Å². The Kier molecular flexibility index (Phi) is 8.24. The number of hydrogen-bond donors (Lipinski definition) is 3. The van der Waals surface area contributed by atoms with Gasteiger partial charge in [0.25, 0.3) is 0 Å². The number of rotatable bonds is 8. The van der Waals surface area contributed by atoms with Gasteiger partial charge < -0.3 is 25.6 Å². The average molecular weight is 431 g/mol. The summed E-state index contributed by atoms with van der Waals surface area (Å²) in [5, 5.41) is 7.15. The first-order chi connectivity index (χ1) is 14.8. The number of hydrogen-bond acceptors (Lipinski definition) is 6. The molecule has 1 aromatic carbocycles. The predicted octanol–water partition coefficient (Wildman–Crippen LogP) is -1.05. The highest BCUT2D eigenvalue weighted by Crippen LogP contribution is 2.11. The van der Waals surface area contributed by atoms with Crippen molar-refractivity contribution in [3.05, 3.63) is 35.9 Å². The van der Waals surface area contributed by atoms with Crippen molar-refractivity contribution in [2.75, 3.05) is 26.7 Å². The summed E-state index contributed by atoms with van der Waals surface area (Å²) in [5.74, 6) is -3.16. The Hall–Kier alpha value is -3.76. The number of urea groups is 1. The molecule has 0 aliphatic carbocycles. The highest BCUT2D eigenvalue weighted by atomic mass is 16.2. The maximum absolute atomic E-state index is 12.8. The van der Waals surface area contributed by atoms with Crippen molar-refractivity contribution in [3.63, 3.8) is 0 Å². The number of nitrogens with zero attached hydrogens (tertiary/aromatic N) is 2. The van der Waals surface area contributed by atoms with Crippen LogP contribution in [0.25, 0.3) is 0 Å². The molecule has 1 saturated heterocycles. The van der Waals surface area contributed by atoms with E-state index >= 15 is 0 Å². The molecule has 31 heavy (non-hydrogen) atoms. The van der Waals surface area contributed by atoms with E-state index in [4.69, 9.17) is 0 Å². The lowest BCUT2D eigenvalue weighted by molar-refractivity contribution is -0.153. The lowest BCUT2D eigenvalue weighted by Crippen LogP contribution is -2.60. The van der Waals surface area contributed by atoms with Crippen molar-refractivity contribution in [3.8, 4) is 0 Å². The third kappa shape index (κ3) is 5.87. The molecule has 2 atom stereocenters. The van der Waals surface area contributed by atoms with E-state index in [9.17, 15) is 28.8 Å². The Morgan fingerprint density at radius 3 is 2.32 bits per heavy atom. The van der Waals surface area contributed by atoms with Crippen molar-refractivity contribution in [1.82, 2.24) is 25.8 Å². The van der Waals surface area contributed by atoms with Crippen LogP contribution in [0.2, 0.25) is 0 Å². The predicted molar refractivity (Wildman–Crippen MR) is 108 cm³/mol. The van der Waals surface area contributed by atoms with Crippen LogP contribution in [0.1, 0.15) is 24.9 Å². The molecule has 1 aromatic rings. The minimum Gasteiger partial charge on any atom is -0.359 e. The molecule has 0 bridgehead atoms. The number of carbonyl (C=O) groups excluding carboxylic acids is 6. The molecule has 3 N–H and O–H groups in total. The van der Waals surface area contributed by atoms with Crippen LogP contribution in [-0.2, 0) is 24.0 Å². The Labute approximate surface area is 179 Å². The Balaban J connectivity index is 2.14. The van der Waals surface area contributed by atoms with Gasteiger partial charge in [-0.15, -0.1) is 0 Å². The number of amides is 6. The van der Waals surface area contributed by atoms with E-state index in [0.717, 1.165) is 0 Å². The van der Waals surface area contributed by atoms with Crippen LogP contribution in [0.5, 0.6) is 0 Å². The molecule has 1 aliphatic rings. The molecule has 6 amide bonds. The van der Waals surface area contributed by atoms with Gasteiger partial charge in [0.15, 0.2) is 0 Å². The fraction of sp³-hybridized carbons (Fsp3) is 0.400. The number of benzene rings is 1. The maximum atomic E-state index is 12.8. The molecule has 0 saturated carbocycles. The summed E-state index contributed by atoms with van der Waals surface area (Å²) in [6, 6.07) is 5.09. The molecular weight excluding hydrogens is 406 g/mol. The summed E-state index contributed by atoms with van der Waals surface area (Å²) in [4.78, 5) is 74.9. The van der Waals surface area contributed by atoms with E-state index in [-0.39, 0.29) is 13.1 Å². The van der Waals surface area contributed by atoms with Crippen molar-refractivity contribution in [1.29, 1.82) is 0 Å². The standard InChI is InChI=1S/C20H25N5O6/c1-3-24-9-10-25(19(30)18(24)29)20(31)23-14(11-16(27)21-2)17(28)22-15(12-26)13-7-5-4-6-8-13/h4-8,12,14-15H,3,9-11H2,1-2H3,(H,21,27)(H,22,28)(H,23,31). The van der Waals surface area contributed by atoms with Crippen molar-refractivity contribution in [2.45, 2.75) is 25.4 Å². The summed E-state index contributed by atoms with van der Waals surface area (Å²) in [6.45, 7) is 2.16. The summed E-state index contributed by atoms with van der Waals surface area (Å²) < 4.78 is 0. The van der Waals surface area contributed by atoms with Crippen LogP contribution >= 0.6 is 0 Å². The molecule has 2 rings (SSSR count). The average Bonchev–Trinajstić information content (AvgIpc) is 2.78. The van der Waals surface area contributed by atoms with Gasteiger partial charge in [-0.05, 0) is 12.5 Å². The first kappa shape index (κ1) is 23.5. The van der Waals surface area contributed by atoms with Gasteiger partial charge in [-0.3, -0.25) is 24.1 Å². The van der Waals surface area contributed by atoms with Crippen LogP contribution in [0.3, 0.4) is 0 Å². The number of likely N-dealkylation sites (N-methyl/N-ethyl adjacent to an activating group) is 1. The zero-order valence-electron chi connectivity index (χ0n) is 17.3. The maximum Gasteiger partial charge on any atom is 0.325 e. The molecule has 166 valence electrons. The molecule has 11 heteroatoms. The second kappa shape index (κ2) is 10.9. The second-order valence-corrected chi connectivity index (χ2v) is 6.75. The lowest BCUT2D eigenvalue weighted by atomic mass is 10.1. The molecule has 11 nitrogen and oxygen atoms in total. The molecule has 1 aliphatic heterocycles. The third-order valence-corrected chi connectivity index (χ3v) is 4.81. The fourth-order valence-electron chi connectivity index (χ4n) is 3.00. The number of imide groups is 1. The highest BCUT2D eigenvalue weighted by Gasteiger charge is 2.37. The van der Waals surface area contributed by atoms with Crippen LogP contribution in [0, 0.1) is 0 Å². The number of carbonyl (C=O) groups is 6.